The van der Waals surface area contributed by atoms with Gasteiger partial charge in [-0.3, -0.25) is 9.59 Å². The van der Waals surface area contributed by atoms with E-state index < -0.39 is 17.8 Å². The summed E-state index contributed by atoms with van der Waals surface area (Å²) in [5.74, 6) is -1.69. The average molecular weight is 530 g/mol. The number of hydrogen-bond donors (Lipinski definition) is 0. The van der Waals surface area contributed by atoms with Gasteiger partial charge in [0.05, 0.1) is 42.4 Å². The topological polar surface area (TPSA) is 88.5 Å². The highest BCUT2D eigenvalue weighted by molar-refractivity contribution is 8.16. The number of amides is 1. The van der Waals surface area contributed by atoms with Crippen LogP contribution in [0.1, 0.15) is 58.6 Å². The van der Waals surface area contributed by atoms with E-state index in [0.29, 0.717) is 53.8 Å². The molecule has 0 spiro atoms. The van der Waals surface area contributed by atoms with Crippen LogP contribution in [-0.4, -0.2) is 58.6 Å². The number of fused-ring (bicyclic) bond motifs is 1. The molecular formula is C27H32FN3O5S. The van der Waals surface area contributed by atoms with Gasteiger partial charge < -0.3 is 19.3 Å². The summed E-state index contributed by atoms with van der Waals surface area (Å²) in [5.41, 5.74) is 2.02. The minimum atomic E-state index is -0.697. The number of hydrogen-bond acceptors (Lipinski definition) is 8. The fourth-order valence-electron chi connectivity index (χ4n) is 4.82. The lowest BCUT2D eigenvalue weighted by Crippen LogP contribution is -2.44. The number of likely N-dealkylation sites (tertiary alicyclic amines) is 1. The molecule has 1 aromatic rings. The summed E-state index contributed by atoms with van der Waals surface area (Å²) < 4.78 is 25.0. The van der Waals surface area contributed by atoms with Crippen LogP contribution in [0.3, 0.4) is 0 Å². The van der Waals surface area contributed by atoms with Crippen LogP contribution in [0, 0.1) is 11.7 Å². The van der Waals surface area contributed by atoms with Crippen molar-refractivity contribution in [2.24, 2.45) is 10.9 Å². The van der Waals surface area contributed by atoms with Crippen LogP contribution in [0.5, 0.6) is 0 Å². The zero-order valence-electron chi connectivity index (χ0n) is 21.5. The molecule has 0 radical (unpaired) electrons. The molecule has 1 aromatic carbocycles. The zero-order valence-corrected chi connectivity index (χ0v) is 22.3. The molecule has 0 aliphatic carbocycles. The number of ether oxygens (including phenoxy) is 2. The molecule has 0 N–H and O–H groups in total. The number of piperidine rings is 1. The van der Waals surface area contributed by atoms with E-state index in [1.54, 1.807) is 44.7 Å². The first kappa shape index (κ1) is 26.9. The molecule has 1 fully saturated rings. The Kier molecular flexibility index (Phi) is 8.36. The van der Waals surface area contributed by atoms with Crippen LogP contribution in [0.4, 0.5) is 4.39 Å². The quantitative estimate of drug-likeness (QED) is 0.479. The van der Waals surface area contributed by atoms with E-state index in [1.807, 2.05) is 10.3 Å². The van der Waals surface area contributed by atoms with Crippen molar-refractivity contribution in [1.82, 2.24) is 9.80 Å². The molecule has 1 saturated heterocycles. The van der Waals surface area contributed by atoms with Crippen molar-refractivity contribution in [3.63, 3.8) is 0 Å². The van der Waals surface area contributed by atoms with Crippen LogP contribution in [0.2, 0.25) is 0 Å². The third kappa shape index (κ3) is 5.89. The van der Waals surface area contributed by atoms with Crippen molar-refractivity contribution in [3.05, 3.63) is 58.0 Å². The Bertz CT molecular complexity index is 1180. The highest BCUT2D eigenvalue weighted by Crippen LogP contribution is 2.45. The number of carbonyl (C=O) groups excluding carboxylic acids is 3. The lowest BCUT2D eigenvalue weighted by molar-refractivity contribution is -0.151. The van der Waals surface area contributed by atoms with Crippen molar-refractivity contribution >= 4 is 34.8 Å². The molecule has 10 heteroatoms. The van der Waals surface area contributed by atoms with Crippen LogP contribution < -0.4 is 0 Å². The Hall–Kier alpha value is -3.14. The van der Waals surface area contributed by atoms with Gasteiger partial charge in [-0.2, -0.15) is 0 Å². The van der Waals surface area contributed by atoms with E-state index in [2.05, 4.69) is 4.99 Å². The minimum absolute atomic E-state index is 0.0545. The zero-order chi connectivity index (χ0) is 26.7. The van der Waals surface area contributed by atoms with E-state index in [4.69, 9.17) is 9.47 Å². The minimum Gasteiger partial charge on any atom is -0.466 e. The smallest absolute Gasteiger partial charge is 0.338 e. The molecular weight excluding hydrogens is 497 g/mol. The van der Waals surface area contributed by atoms with Crippen LogP contribution in [0.25, 0.3) is 0 Å². The van der Waals surface area contributed by atoms with Crippen LogP contribution in [0.15, 0.2) is 51.6 Å². The number of allylic oxidation sites excluding steroid dienone is 1. The molecule has 0 unspecified atom stereocenters. The Labute approximate surface area is 220 Å². The Morgan fingerprint density at radius 2 is 2.05 bits per heavy atom. The summed E-state index contributed by atoms with van der Waals surface area (Å²) in [4.78, 5) is 47.0. The maximum atomic E-state index is 14.3. The third-order valence-electron chi connectivity index (χ3n) is 6.45. The fraction of sp³-hybridized carbons (Fsp3) is 0.481. The van der Waals surface area contributed by atoms with Gasteiger partial charge >= 0.3 is 11.9 Å². The van der Waals surface area contributed by atoms with Gasteiger partial charge in [-0.1, -0.05) is 23.9 Å². The Balaban J connectivity index is 1.61. The highest BCUT2D eigenvalue weighted by atomic mass is 32.2. The molecule has 198 valence electrons. The van der Waals surface area contributed by atoms with Crippen molar-refractivity contribution in [3.8, 4) is 0 Å². The van der Waals surface area contributed by atoms with Crippen molar-refractivity contribution in [2.45, 2.75) is 59.1 Å². The van der Waals surface area contributed by atoms with Gasteiger partial charge in [0.1, 0.15) is 5.82 Å². The number of nitrogens with zero attached hydrogens (tertiary/aromatic N) is 3. The van der Waals surface area contributed by atoms with Gasteiger partial charge in [0, 0.05) is 18.8 Å². The van der Waals surface area contributed by atoms with Gasteiger partial charge in [-0.05, 0) is 63.6 Å². The first-order valence-corrected chi connectivity index (χ1v) is 13.4. The Morgan fingerprint density at radius 1 is 1.27 bits per heavy atom. The lowest BCUT2D eigenvalue weighted by atomic mass is 9.93. The predicted octanol–water partition coefficient (Wildman–Crippen LogP) is 4.54. The number of carbonyl (C=O) groups is 3. The van der Waals surface area contributed by atoms with Crippen molar-refractivity contribution in [1.29, 1.82) is 0 Å². The van der Waals surface area contributed by atoms with Crippen LogP contribution >= 0.6 is 11.8 Å². The maximum absolute atomic E-state index is 14.3. The molecule has 0 bridgehead atoms. The van der Waals surface area contributed by atoms with Gasteiger partial charge in [0.25, 0.3) is 0 Å². The first-order chi connectivity index (χ1) is 17.7. The number of benzene rings is 1. The van der Waals surface area contributed by atoms with E-state index in [1.165, 1.54) is 23.9 Å². The number of rotatable bonds is 7. The van der Waals surface area contributed by atoms with Crippen LogP contribution in [-0.2, 0) is 23.9 Å². The first-order valence-electron chi connectivity index (χ1n) is 12.5. The second-order valence-electron chi connectivity index (χ2n) is 9.51. The average Bonchev–Trinajstić information content (AvgIpc) is 3.24. The number of aliphatic imine (C=N–C) groups is 1. The summed E-state index contributed by atoms with van der Waals surface area (Å²) >= 11 is 1.36. The SMILES string of the molecule is CCOC(=O)[C@H]1CCCN(C(=O)CC2=CSC3=NC(C)=C(C(=O)OC(C)C)[C@@H](c4cccc(F)c4)N23)C1. The normalized spacial score (nSPS) is 21.5. The maximum Gasteiger partial charge on any atom is 0.338 e. The monoisotopic (exact) mass is 529 g/mol. The summed E-state index contributed by atoms with van der Waals surface area (Å²) in [6.07, 6.45) is 1.12. The predicted molar refractivity (Wildman–Crippen MR) is 139 cm³/mol. The standard InChI is InChI=1S/C27H32FN3O5S/c1-5-35-25(33)19-9-7-11-30(14-19)22(32)13-21-15-37-27-29-17(4)23(26(34)36-16(2)3)24(31(21)27)18-8-6-10-20(28)12-18/h6,8,10,12,15-16,19,24H,5,7,9,11,13-14H2,1-4H3/t19-,24+/m0/s1. The van der Waals surface area contributed by atoms with Gasteiger partial charge in [0.15, 0.2) is 5.17 Å². The molecule has 8 nitrogen and oxygen atoms in total. The van der Waals surface area contributed by atoms with Crippen molar-refractivity contribution in [2.75, 3.05) is 19.7 Å². The highest BCUT2D eigenvalue weighted by Gasteiger charge is 2.42. The summed E-state index contributed by atoms with van der Waals surface area (Å²) in [5, 5.41) is 2.46. The molecule has 3 aliphatic rings. The molecule has 3 aliphatic heterocycles. The lowest BCUT2D eigenvalue weighted by Gasteiger charge is -2.37. The number of thioether (sulfide) groups is 1. The van der Waals surface area contributed by atoms with E-state index in [9.17, 15) is 18.8 Å². The second-order valence-corrected chi connectivity index (χ2v) is 10.3. The van der Waals surface area contributed by atoms with Crippen molar-refractivity contribution < 1.29 is 28.2 Å². The molecule has 37 heavy (non-hydrogen) atoms. The summed E-state index contributed by atoms with van der Waals surface area (Å²) in [6.45, 7) is 8.22. The molecule has 0 aromatic heterocycles. The molecule has 0 saturated carbocycles. The third-order valence-corrected chi connectivity index (χ3v) is 7.34. The fourth-order valence-corrected chi connectivity index (χ4v) is 5.79. The molecule has 3 heterocycles. The molecule has 4 rings (SSSR count). The molecule has 2 atom stereocenters. The van der Waals surface area contributed by atoms with E-state index in [0.717, 1.165) is 6.42 Å². The van der Waals surface area contributed by atoms with Gasteiger partial charge in [0.2, 0.25) is 5.91 Å². The Morgan fingerprint density at radius 3 is 2.76 bits per heavy atom. The second kappa shape index (κ2) is 11.5. The van der Waals surface area contributed by atoms with Gasteiger partial charge in [-0.25, -0.2) is 14.2 Å². The number of esters is 2. The van der Waals surface area contributed by atoms with Gasteiger partial charge in [-0.15, -0.1) is 0 Å². The summed E-state index contributed by atoms with van der Waals surface area (Å²) in [7, 11) is 0. The van der Waals surface area contributed by atoms with E-state index in [-0.39, 0.29) is 30.3 Å². The number of amidine groups is 1. The number of halogens is 1. The molecule has 1 amide bonds. The largest absolute Gasteiger partial charge is 0.466 e. The summed E-state index contributed by atoms with van der Waals surface area (Å²) in [6, 6.07) is 5.39. The van der Waals surface area contributed by atoms with E-state index >= 15 is 0 Å².